The minimum absolute atomic E-state index is 0.00953. The van der Waals surface area contributed by atoms with Gasteiger partial charge in [0.2, 0.25) is 23.5 Å². The number of amides is 4. The first-order valence-corrected chi connectivity index (χ1v) is 14.2. The van der Waals surface area contributed by atoms with E-state index in [0.717, 1.165) is 10.6 Å². The molecular formula is C30H31N5O9. The smallest absolute Gasteiger partial charge is 0.305 e. The van der Waals surface area contributed by atoms with Gasteiger partial charge in [0.15, 0.2) is 11.1 Å². The summed E-state index contributed by atoms with van der Waals surface area (Å²) in [6.45, 7) is 0.174. The lowest BCUT2D eigenvalue weighted by Gasteiger charge is -2.43. The van der Waals surface area contributed by atoms with Crippen molar-refractivity contribution in [3.05, 3.63) is 60.0 Å². The van der Waals surface area contributed by atoms with Gasteiger partial charge in [-0.05, 0) is 43.4 Å². The molecule has 230 valence electrons. The lowest BCUT2D eigenvalue weighted by Crippen LogP contribution is -2.64. The highest BCUT2D eigenvalue weighted by atomic mass is 16.4. The van der Waals surface area contributed by atoms with Crippen LogP contribution in [0.5, 0.6) is 5.75 Å². The van der Waals surface area contributed by atoms with Gasteiger partial charge in [-0.3, -0.25) is 33.8 Å². The molecule has 1 aromatic heterocycles. The number of oxazole rings is 1. The summed E-state index contributed by atoms with van der Waals surface area (Å²) in [6, 6.07) is 9.67. The highest BCUT2D eigenvalue weighted by Gasteiger charge is 2.45. The average molecular weight is 606 g/mol. The molecule has 0 saturated carbocycles. The third-order valence-electron chi connectivity index (χ3n) is 7.60. The summed E-state index contributed by atoms with van der Waals surface area (Å²) in [5, 5.41) is 26.8. The fourth-order valence-electron chi connectivity index (χ4n) is 5.42. The average Bonchev–Trinajstić information content (AvgIpc) is 3.42. The van der Waals surface area contributed by atoms with Gasteiger partial charge in [0.25, 0.3) is 11.8 Å². The number of rotatable bonds is 10. The zero-order valence-electron chi connectivity index (χ0n) is 23.6. The predicted molar refractivity (Wildman–Crippen MR) is 152 cm³/mol. The molecule has 2 fully saturated rings. The third-order valence-corrected chi connectivity index (χ3v) is 7.60. The second-order valence-electron chi connectivity index (χ2n) is 10.7. The van der Waals surface area contributed by atoms with Crippen molar-refractivity contribution in [1.82, 2.24) is 25.6 Å². The minimum atomic E-state index is -1.63. The van der Waals surface area contributed by atoms with Gasteiger partial charge in [-0.25, -0.2) is 9.99 Å². The molecule has 3 atom stereocenters. The number of benzene rings is 2. The van der Waals surface area contributed by atoms with Crippen LogP contribution in [0.15, 0.2) is 52.9 Å². The van der Waals surface area contributed by atoms with E-state index < -0.39 is 59.9 Å². The number of carbonyl (C=O) groups excluding carboxylic acids is 5. The van der Waals surface area contributed by atoms with E-state index in [1.54, 1.807) is 0 Å². The predicted octanol–water partition coefficient (Wildman–Crippen LogP) is 1.32. The first-order chi connectivity index (χ1) is 21.1. The van der Waals surface area contributed by atoms with Crippen LogP contribution in [-0.4, -0.2) is 85.3 Å². The molecule has 0 unspecified atom stereocenters. The number of ketones is 1. The maximum atomic E-state index is 13.7. The number of aromatic nitrogens is 1. The SMILES string of the molecule is O=C(O)C[C@H](NC(=O)[C@@H]1CCCN2C(=O)CC[C@H](NC(=O)CCc3ccccc3)C(=O)N12)C(=O)c1nc2c(O)cccc2o1. The molecule has 4 N–H and O–H groups in total. The molecule has 3 heterocycles. The van der Waals surface area contributed by atoms with Gasteiger partial charge >= 0.3 is 5.97 Å². The van der Waals surface area contributed by atoms with Gasteiger partial charge in [-0.1, -0.05) is 36.4 Å². The van der Waals surface area contributed by atoms with Gasteiger partial charge in [-0.15, -0.1) is 0 Å². The number of hydrazine groups is 1. The van der Waals surface area contributed by atoms with E-state index >= 15 is 0 Å². The number of nitrogens with one attached hydrogen (secondary N) is 2. The van der Waals surface area contributed by atoms with Crippen LogP contribution in [0.1, 0.15) is 54.8 Å². The van der Waals surface area contributed by atoms with Crippen LogP contribution in [0.25, 0.3) is 11.1 Å². The molecule has 44 heavy (non-hydrogen) atoms. The zero-order chi connectivity index (χ0) is 31.4. The molecule has 0 aliphatic carbocycles. The second-order valence-corrected chi connectivity index (χ2v) is 10.7. The number of aliphatic carboxylic acids is 1. The van der Waals surface area contributed by atoms with Crippen LogP contribution in [-0.2, 0) is 30.4 Å². The number of Topliss-reactive ketones (excluding diaryl/α,β-unsaturated/α-hetero) is 1. The molecule has 2 aromatic carbocycles. The van der Waals surface area contributed by atoms with Gasteiger partial charge in [0, 0.05) is 19.4 Å². The second kappa shape index (κ2) is 12.9. The zero-order valence-corrected chi connectivity index (χ0v) is 23.6. The molecule has 5 rings (SSSR count). The molecule has 0 spiro atoms. The first-order valence-electron chi connectivity index (χ1n) is 14.2. The van der Waals surface area contributed by atoms with Crippen LogP contribution in [0.3, 0.4) is 0 Å². The molecular weight excluding hydrogens is 574 g/mol. The molecule has 3 aromatic rings. The number of phenolic OH excluding ortho intramolecular Hbond substituents is 1. The van der Waals surface area contributed by atoms with E-state index in [-0.39, 0.29) is 55.0 Å². The molecule has 14 heteroatoms. The highest BCUT2D eigenvalue weighted by molar-refractivity contribution is 6.03. The van der Waals surface area contributed by atoms with Gasteiger partial charge < -0.3 is 25.3 Å². The fraction of sp³-hybridized carbons (Fsp3) is 0.367. The Morgan fingerprint density at radius 2 is 1.82 bits per heavy atom. The number of carboxylic acid groups (broad SMARTS) is 1. The lowest BCUT2D eigenvalue weighted by molar-refractivity contribution is -0.176. The van der Waals surface area contributed by atoms with Crippen LogP contribution in [0.4, 0.5) is 0 Å². The Morgan fingerprint density at radius 1 is 1.05 bits per heavy atom. The Bertz CT molecular complexity index is 1600. The van der Waals surface area contributed by atoms with Crippen LogP contribution in [0, 0.1) is 0 Å². The van der Waals surface area contributed by atoms with E-state index in [4.69, 9.17) is 4.42 Å². The van der Waals surface area contributed by atoms with Crippen LogP contribution >= 0.6 is 0 Å². The number of carboxylic acids is 1. The number of hydrogen-bond acceptors (Lipinski definition) is 9. The molecule has 14 nitrogen and oxygen atoms in total. The Labute approximate surface area is 251 Å². The van der Waals surface area contributed by atoms with Gasteiger partial charge in [0.1, 0.15) is 23.9 Å². The van der Waals surface area contributed by atoms with Crippen molar-refractivity contribution in [2.24, 2.45) is 0 Å². The Balaban J connectivity index is 1.33. The standard InChI is InChI=1S/C30H31N5O9/c36-21-9-4-10-22-26(21)33-29(44-22)27(41)19(16-25(39)40)32-28(42)20-8-5-15-34-24(38)14-12-18(30(43)35(20)34)31-23(37)13-11-17-6-2-1-3-7-17/h1-4,6-7,9-10,18-20,36H,5,8,11-16H2,(H,31,37)(H,32,42)(H,39,40)/t18-,19-,20-/m0/s1. The Kier molecular flexibility index (Phi) is 8.88. The number of para-hydroxylation sites is 1. The van der Waals surface area contributed by atoms with Crippen LogP contribution < -0.4 is 10.6 Å². The van der Waals surface area contributed by atoms with Crippen molar-refractivity contribution in [3.63, 3.8) is 0 Å². The molecule has 2 aliphatic rings. The van der Waals surface area contributed by atoms with Crippen molar-refractivity contribution in [1.29, 1.82) is 0 Å². The molecule has 0 radical (unpaired) electrons. The van der Waals surface area contributed by atoms with E-state index in [0.29, 0.717) is 12.8 Å². The van der Waals surface area contributed by atoms with E-state index in [1.165, 1.54) is 23.2 Å². The summed E-state index contributed by atoms with van der Waals surface area (Å²) >= 11 is 0. The quantitative estimate of drug-likeness (QED) is 0.244. The Morgan fingerprint density at radius 3 is 2.55 bits per heavy atom. The monoisotopic (exact) mass is 605 g/mol. The lowest BCUT2D eigenvalue weighted by atomic mass is 10.0. The molecule has 2 aliphatic heterocycles. The molecule has 4 amide bonds. The minimum Gasteiger partial charge on any atom is -0.506 e. The third kappa shape index (κ3) is 6.53. The molecule has 0 bridgehead atoms. The van der Waals surface area contributed by atoms with Crippen molar-refractivity contribution in [2.45, 2.75) is 63.1 Å². The van der Waals surface area contributed by atoms with Gasteiger partial charge in [0.05, 0.1) is 6.42 Å². The molecule has 2 saturated heterocycles. The topological polar surface area (TPSA) is 199 Å². The fourth-order valence-corrected chi connectivity index (χ4v) is 5.42. The number of fused-ring (bicyclic) bond motifs is 2. The first kappa shape index (κ1) is 30.2. The highest BCUT2D eigenvalue weighted by Crippen LogP contribution is 2.27. The summed E-state index contributed by atoms with van der Waals surface area (Å²) in [6.07, 6.45) is 0.239. The number of nitrogens with zero attached hydrogens (tertiary/aromatic N) is 3. The van der Waals surface area contributed by atoms with E-state index in [1.807, 2.05) is 30.3 Å². The number of aromatic hydroxyl groups is 1. The van der Waals surface area contributed by atoms with Crippen LogP contribution in [0.2, 0.25) is 0 Å². The number of hydrogen-bond donors (Lipinski definition) is 4. The van der Waals surface area contributed by atoms with Crippen molar-refractivity contribution in [3.8, 4) is 5.75 Å². The number of carbonyl (C=O) groups is 6. The van der Waals surface area contributed by atoms with E-state index in [2.05, 4.69) is 15.6 Å². The van der Waals surface area contributed by atoms with Crippen molar-refractivity contribution in [2.75, 3.05) is 6.54 Å². The maximum Gasteiger partial charge on any atom is 0.305 e. The summed E-state index contributed by atoms with van der Waals surface area (Å²) in [5.41, 5.74) is 1.02. The number of phenols is 1. The summed E-state index contributed by atoms with van der Waals surface area (Å²) in [4.78, 5) is 81.9. The summed E-state index contributed by atoms with van der Waals surface area (Å²) < 4.78 is 5.41. The van der Waals surface area contributed by atoms with Crippen molar-refractivity contribution >= 4 is 46.5 Å². The largest absolute Gasteiger partial charge is 0.506 e. The summed E-state index contributed by atoms with van der Waals surface area (Å²) in [7, 11) is 0. The normalized spacial score (nSPS) is 19.2. The number of aryl methyl sites for hydroxylation is 1. The van der Waals surface area contributed by atoms with Crippen molar-refractivity contribution < 1.29 is 43.4 Å². The van der Waals surface area contributed by atoms with Gasteiger partial charge in [-0.2, -0.15) is 0 Å². The Hall–Kier alpha value is -5.27. The summed E-state index contributed by atoms with van der Waals surface area (Å²) in [5.74, 6) is -5.41. The maximum absolute atomic E-state index is 13.7. The van der Waals surface area contributed by atoms with E-state index in [9.17, 15) is 39.0 Å².